The number of rotatable bonds is 4. The molecule has 1 aromatic carbocycles. The van der Waals surface area contributed by atoms with Crippen LogP contribution in [0.2, 0.25) is 0 Å². The van der Waals surface area contributed by atoms with Gasteiger partial charge in [-0.05, 0) is 38.6 Å². The van der Waals surface area contributed by atoms with Crippen molar-refractivity contribution >= 4 is 5.91 Å². The Labute approximate surface area is 131 Å². The van der Waals surface area contributed by atoms with Gasteiger partial charge in [0.1, 0.15) is 0 Å². The summed E-state index contributed by atoms with van der Waals surface area (Å²) in [7, 11) is 4.01. The first-order valence-electron chi connectivity index (χ1n) is 7.94. The normalized spacial score (nSPS) is 23.1. The van der Waals surface area contributed by atoms with Crippen LogP contribution in [0.25, 0.3) is 0 Å². The lowest BCUT2D eigenvalue weighted by atomic mass is 10.1. The van der Waals surface area contributed by atoms with Gasteiger partial charge in [-0.25, -0.2) is 0 Å². The summed E-state index contributed by atoms with van der Waals surface area (Å²) in [6.07, 6.45) is 2.11. The Morgan fingerprint density at radius 2 is 1.95 bits per heavy atom. The first-order valence-corrected chi connectivity index (χ1v) is 7.94. The number of likely N-dealkylation sites (tertiary alicyclic amines) is 1. The van der Waals surface area contributed by atoms with Gasteiger partial charge in [0.2, 0.25) is 0 Å². The Bertz CT molecular complexity index is 511. The minimum atomic E-state index is -0.283. The molecule has 0 unspecified atom stereocenters. The molecule has 2 saturated heterocycles. The number of ether oxygens (including phenoxy) is 2. The van der Waals surface area contributed by atoms with Crippen molar-refractivity contribution in [1.82, 2.24) is 9.80 Å². The van der Waals surface area contributed by atoms with Crippen LogP contribution in [0, 0.1) is 0 Å². The largest absolute Gasteiger partial charge is 0.346 e. The topological polar surface area (TPSA) is 42.0 Å². The van der Waals surface area contributed by atoms with Gasteiger partial charge in [0, 0.05) is 30.8 Å². The predicted octanol–water partition coefficient (Wildman–Crippen LogP) is 1.90. The van der Waals surface area contributed by atoms with Crippen LogP contribution in [-0.2, 0) is 9.47 Å². The number of hydrogen-bond donors (Lipinski definition) is 0. The number of hydrogen-bond acceptors (Lipinski definition) is 4. The summed E-state index contributed by atoms with van der Waals surface area (Å²) in [5, 5.41) is 0. The van der Waals surface area contributed by atoms with E-state index >= 15 is 0 Å². The molecule has 5 heteroatoms. The highest BCUT2D eigenvalue weighted by Gasteiger charge is 2.24. The maximum atomic E-state index is 12.5. The summed E-state index contributed by atoms with van der Waals surface area (Å²) in [6.45, 7) is 3.17. The average molecular weight is 304 g/mol. The predicted molar refractivity (Wildman–Crippen MR) is 83.7 cm³/mol. The van der Waals surface area contributed by atoms with Gasteiger partial charge in [-0.1, -0.05) is 12.1 Å². The lowest BCUT2D eigenvalue weighted by Crippen LogP contribution is -2.39. The summed E-state index contributed by atoms with van der Waals surface area (Å²) in [5.41, 5.74) is 1.68. The molecule has 0 N–H and O–H groups in total. The van der Waals surface area contributed by atoms with Crippen LogP contribution in [0.3, 0.4) is 0 Å². The molecule has 5 nitrogen and oxygen atoms in total. The molecule has 0 radical (unpaired) electrons. The fraction of sp³-hybridized carbons (Fsp3) is 0.588. The first kappa shape index (κ1) is 15.5. The van der Waals surface area contributed by atoms with Gasteiger partial charge >= 0.3 is 0 Å². The highest BCUT2D eigenvalue weighted by Crippen LogP contribution is 2.23. The highest BCUT2D eigenvalue weighted by atomic mass is 16.7. The van der Waals surface area contributed by atoms with Crippen molar-refractivity contribution in [3.8, 4) is 0 Å². The Kier molecular flexibility index (Phi) is 4.76. The Balaban J connectivity index is 1.61. The monoisotopic (exact) mass is 304 g/mol. The molecule has 0 saturated carbocycles. The minimum absolute atomic E-state index is 0.0695. The van der Waals surface area contributed by atoms with Gasteiger partial charge in [-0.15, -0.1) is 0 Å². The summed E-state index contributed by atoms with van der Waals surface area (Å²) in [5.74, 6) is 0.0695. The SMILES string of the molecule is CN(C[C@@H]1CCCN1C)C(=O)c1ccc(C2OCCO2)cc1. The van der Waals surface area contributed by atoms with Crippen LogP contribution in [0.5, 0.6) is 0 Å². The number of likely N-dealkylation sites (N-methyl/N-ethyl adjacent to an activating group) is 2. The second-order valence-electron chi connectivity index (χ2n) is 6.16. The zero-order valence-electron chi connectivity index (χ0n) is 13.3. The van der Waals surface area contributed by atoms with Gasteiger partial charge in [-0.2, -0.15) is 0 Å². The standard InChI is InChI=1S/C17H24N2O3/c1-18-9-3-4-15(18)12-19(2)16(20)13-5-7-14(8-6-13)17-21-10-11-22-17/h5-8,15,17H,3-4,9-12H2,1-2H3/t15-/m0/s1. The maximum Gasteiger partial charge on any atom is 0.253 e. The summed E-state index contributed by atoms with van der Waals surface area (Å²) < 4.78 is 10.9. The van der Waals surface area contributed by atoms with E-state index in [1.165, 1.54) is 12.8 Å². The molecular weight excluding hydrogens is 280 g/mol. The van der Waals surface area contributed by atoms with E-state index in [4.69, 9.17) is 9.47 Å². The molecule has 0 aliphatic carbocycles. The van der Waals surface area contributed by atoms with Crippen molar-refractivity contribution in [2.75, 3.05) is 40.4 Å². The third-order valence-corrected chi connectivity index (χ3v) is 4.55. The second-order valence-corrected chi connectivity index (χ2v) is 6.16. The fourth-order valence-electron chi connectivity index (χ4n) is 3.16. The molecule has 2 aliphatic rings. The van der Waals surface area contributed by atoms with Crippen LogP contribution < -0.4 is 0 Å². The van der Waals surface area contributed by atoms with E-state index in [1.54, 1.807) is 0 Å². The van der Waals surface area contributed by atoms with Crippen LogP contribution in [0.1, 0.15) is 35.1 Å². The van der Waals surface area contributed by atoms with E-state index < -0.39 is 0 Å². The molecule has 1 atom stereocenters. The van der Waals surface area contributed by atoms with Gasteiger partial charge in [0.05, 0.1) is 13.2 Å². The molecule has 2 fully saturated rings. The summed E-state index contributed by atoms with van der Waals surface area (Å²) in [6, 6.07) is 8.03. The third kappa shape index (κ3) is 3.32. The van der Waals surface area contributed by atoms with Crippen LogP contribution >= 0.6 is 0 Å². The van der Waals surface area contributed by atoms with Crippen molar-refractivity contribution in [3.63, 3.8) is 0 Å². The van der Waals surface area contributed by atoms with Crippen molar-refractivity contribution in [2.24, 2.45) is 0 Å². The molecule has 2 heterocycles. The smallest absolute Gasteiger partial charge is 0.253 e. The maximum absolute atomic E-state index is 12.5. The first-order chi connectivity index (χ1) is 10.6. The van der Waals surface area contributed by atoms with E-state index in [2.05, 4.69) is 11.9 Å². The van der Waals surface area contributed by atoms with Gasteiger partial charge in [0.25, 0.3) is 5.91 Å². The zero-order chi connectivity index (χ0) is 15.5. The Hall–Kier alpha value is -1.43. The van der Waals surface area contributed by atoms with Crippen molar-refractivity contribution in [2.45, 2.75) is 25.2 Å². The Morgan fingerprint density at radius 3 is 2.55 bits per heavy atom. The molecule has 0 bridgehead atoms. The van der Waals surface area contributed by atoms with Crippen molar-refractivity contribution < 1.29 is 14.3 Å². The molecule has 120 valence electrons. The lowest BCUT2D eigenvalue weighted by molar-refractivity contribution is -0.0441. The number of nitrogens with zero attached hydrogens (tertiary/aromatic N) is 2. The van der Waals surface area contributed by atoms with Gasteiger partial charge < -0.3 is 19.3 Å². The molecule has 0 aromatic heterocycles. The summed E-state index contributed by atoms with van der Waals surface area (Å²) >= 11 is 0. The van der Waals surface area contributed by atoms with E-state index in [-0.39, 0.29) is 12.2 Å². The second kappa shape index (κ2) is 6.77. The zero-order valence-corrected chi connectivity index (χ0v) is 13.3. The molecule has 1 aromatic rings. The van der Waals surface area contributed by atoms with E-state index in [0.29, 0.717) is 24.8 Å². The van der Waals surface area contributed by atoms with Gasteiger partial charge in [-0.3, -0.25) is 4.79 Å². The lowest BCUT2D eigenvalue weighted by Gasteiger charge is -2.26. The van der Waals surface area contributed by atoms with Crippen LogP contribution in [-0.4, -0.2) is 62.1 Å². The quantitative estimate of drug-likeness (QED) is 0.852. The molecule has 0 spiro atoms. The number of benzene rings is 1. The third-order valence-electron chi connectivity index (χ3n) is 4.55. The number of carbonyl (C=O) groups is 1. The molecule has 3 rings (SSSR count). The van der Waals surface area contributed by atoms with E-state index in [0.717, 1.165) is 18.7 Å². The molecular formula is C17H24N2O3. The Morgan fingerprint density at radius 1 is 1.27 bits per heavy atom. The average Bonchev–Trinajstić information content (AvgIpc) is 3.19. The minimum Gasteiger partial charge on any atom is -0.346 e. The number of carbonyl (C=O) groups excluding carboxylic acids is 1. The molecule has 2 aliphatic heterocycles. The number of amides is 1. The summed E-state index contributed by atoms with van der Waals surface area (Å²) in [4.78, 5) is 16.7. The van der Waals surface area contributed by atoms with E-state index in [1.807, 2.05) is 36.2 Å². The van der Waals surface area contributed by atoms with Crippen molar-refractivity contribution in [1.29, 1.82) is 0 Å². The van der Waals surface area contributed by atoms with Crippen LogP contribution in [0.4, 0.5) is 0 Å². The molecule has 1 amide bonds. The van der Waals surface area contributed by atoms with Crippen LogP contribution in [0.15, 0.2) is 24.3 Å². The fourth-order valence-corrected chi connectivity index (χ4v) is 3.16. The van der Waals surface area contributed by atoms with Gasteiger partial charge in [0.15, 0.2) is 6.29 Å². The molecule has 22 heavy (non-hydrogen) atoms. The van der Waals surface area contributed by atoms with E-state index in [9.17, 15) is 4.79 Å². The highest BCUT2D eigenvalue weighted by molar-refractivity contribution is 5.94. The van der Waals surface area contributed by atoms with Crippen molar-refractivity contribution in [3.05, 3.63) is 35.4 Å².